The second kappa shape index (κ2) is 6.08. The highest BCUT2D eigenvalue weighted by molar-refractivity contribution is 5.88. The van der Waals surface area contributed by atoms with E-state index in [-0.39, 0.29) is 46.3 Å². The van der Waals surface area contributed by atoms with Crippen LogP contribution in [0, 0.1) is 17.0 Å². The van der Waals surface area contributed by atoms with Crippen LogP contribution in [-0.2, 0) is 9.59 Å². The second-order valence-electron chi connectivity index (χ2n) is 8.40. The van der Waals surface area contributed by atoms with Crippen LogP contribution in [0.3, 0.4) is 0 Å². The molecule has 1 aromatic rings. The molecule has 0 bridgehead atoms. The summed E-state index contributed by atoms with van der Waals surface area (Å²) in [5.41, 5.74) is -0.164. The third kappa shape index (κ3) is 2.90. The number of nitrogens with one attached hydrogen (secondary N) is 1. The molecule has 5 rings (SSSR count). The van der Waals surface area contributed by atoms with E-state index >= 15 is 4.39 Å². The summed E-state index contributed by atoms with van der Waals surface area (Å²) < 4.78 is 35.8. The summed E-state index contributed by atoms with van der Waals surface area (Å²) >= 11 is 0. The van der Waals surface area contributed by atoms with Gasteiger partial charge >= 0.3 is 5.97 Å². The van der Waals surface area contributed by atoms with E-state index in [1.54, 1.807) is 9.80 Å². The fourth-order valence-electron chi connectivity index (χ4n) is 4.60. The lowest BCUT2D eigenvalue weighted by atomic mass is 10.1. The highest BCUT2D eigenvalue weighted by Crippen LogP contribution is 2.55. The SMILES string of the molecule is CC(=O)NC1CC12CCN(c1c(F)cc3c(c1F)N(C1CC1)C=C(C(=O)O)O3)C2. The highest BCUT2D eigenvalue weighted by Gasteiger charge is 2.58. The van der Waals surface area contributed by atoms with Crippen molar-refractivity contribution in [3.8, 4) is 5.75 Å². The maximum atomic E-state index is 15.6. The van der Waals surface area contributed by atoms with Crippen LogP contribution in [0.4, 0.5) is 20.2 Å². The number of hydrogen-bond acceptors (Lipinski definition) is 5. The molecule has 1 spiro atoms. The number of halogens is 2. The molecule has 2 saturated carbocycles. The molecule has 2 heterocycles. The van der Waals surface area contributed by atoms with Crippen LogP contribution in [0.25, 0.3) is 0 Å². The first kappa shape index (κ1) is 18.2. The molecule has 2 N–H and O–H groups in total. The lowest BCUT2D eigenvalue weighted by Crippen LogP contribution is -2.31. The smallest absolute Gasteiger partial charge is 0.373 e. The van der Waals surface area contributed by atoms with Crippen molar-refractivity contribution in [3.63, 3.8) is 0 Å². The van der Waals surface area contributed by atoms with E-state index in [0.717, 1.165) is 31.7 Å². The first-order valence-corrected chi connectivity index (χ1v) is 9.74. The van der Waals surface area contributed by atoms with Gasteiger partial charge < -0.3 is 25.0 Å². The Labute approximate surface area is 165 Å². The predicted molar refractivity (Wildman–Crippen MR) is 99.7 cm³/mol. The third-order valence-corrected chi connectivity index (χ3v) is 6.29. The number of nitrogens with zero attached hydrogens (tertiary/aromatic N) is 2. The van der Waals surface area contributed by atoms with Crippen molar-refractivity contribution in [1.82, 2.24) is 5.32 Å². The van der Waals surface area contributed by atoms with Crippen molar-refractivity contribution in [2.24, 2.45) is 5.41 Å². The molecule has 2 unspecified atom stereocenters. The Morgan fingerprint density at radius 2 is 2.07 bits per heavy atom. The number of rotatable bonds is 4. The number of carbonyl (C=O) groups excluding carboxylic acids is 1. The van der Waals surface area contributed by atoms with Crippen molar-refractivity contribution < 1.29 is 28.2 Å². The van der Waals surface area contributed by atoms with Gasteiger partial charge in [0.15, 0.2) is 17.4 Å². The number of hydrogen-bond donors (Lipinski definition) is 2. The molecule has 1 amide bonds. The van der Waals surface area contributed by atoms with Gasteiger partial charge in [0.25, 0.3) is 0 Å². The van der Waals surface area contributed by atoms with Gasteiger partial charge in [-0.25, -0.2) is 13.6 Å². The molecule has 3 fully saturated rings. The number of carboxylic acid groups (broad SMARTS) is 1. The number of amides is 1. The van der Waals surface area contributed by atoms with Gasteiger partial charge in [-0.1, -0.05) is 0 Å². The minimum Gasteiger partial charge on any atom is -0.475 e. The van der Waals surface area contributed by atoms with Crippen molar-refractivity contribution in [2.75, 3.05) is 22.9 Å². The Kier molecular flexibility index (Phi) is 3.81. The maximum Gasteiger partial charge on any atom is 0.373 e. The Morgan fingerprint density at radius 3 is 2.72 bits per heavy atom. The van der Waals surface area contributed by atoms with Gasteiger partial charge in [-0.3, -0.25) is 4.79 Å². The van der Waals surface area contributed by atoms with Crippen molar-refractivity contribution in [3.05, 3.63) is 29.7 Å². The number of ether oxygens (including phenoxy) is 1. The molecule has 1 saturated heterocycles. The molecule has 0 radical (unpaired) electrons. The van der Waals surface area contributed by atoms with Gasteiger partial charge in [-0.15, -0.1) is 0 Å². The second-order valence-corrected chi connectivity index (χ2v) is 8.40. The highest BCUT2D eigenvalue weighted by atomic mass is 19.1. The predicted octanol–water partition coefficient (Wildman–Crippen LogP) is 2.36. The van der Waals surface area contributed by atoms with Gasteiger partial charge in [-0.2, -0.15) is 0 Å². The Morgan fingerprint density at radius 1 is 1.31 bits per heavy atom. The summed E-state index contributed by atoms with van der Waals surface area (Å²) in [6.07, 6.45) is 4.45. The number of benzene rings is 1. The first-order chi connectivity index (χ1) is 13.8. The van der Waals surface area contributed by atoms with Crippen molar-refractivity contribution >= 4 is 23.3 Å². The summed E-state index contributed by atoms with van der Waals surface area (Å²) in [6.45, 7) is 2.42. The van der Waals surface area contributed by atoms with Crippen molar-refractivity contribution in [1.29, 1.82) is 0 Å². The van der Waals surface area contributed by atoms with Gasteiger partial charge in [0.05, 0.1) is 6.20 Å². The van der Waals surface area contributed by atoms with Crippen molar-refractivity contribution in [2.45, 2.75) is 44.7 Å². The fourth-order valence-corrected chi connectivity index (χ4v) is 4.60. The van der Waals surface area contributed by atoms with Crippen LogP contribution in [-0.4, -0.2) is 42.2 Å². The summed E-state index contributed by atoms with van der Waals surface area (Å²) in [7, 11) is 0. The van der Waals surface area contributed by atoms with E-state index in [0.29, 0.717) is 13.1 Å². The zero-order valence-electron chi connectivity index (χ0n) is 15.9. The zero-order chi connectivity index (χ0) is 20.5. The normalized spacial score (nSPS) is 27.4. The van der Waals surface area contributed by atoms with E-state index in [1.165, 1.54) is 13.1 Å². The Hall–Kier alpha value is -2.84. The number of carboxylic acids is 1. The minimum atomic E-state index is -1.29. The molecular weight excluding hydrogens is 384 g/mol. The summed E-state index contributed by atoms with van der Waals surface area (Å²) in [4.78, 5) is 25.9. The molecule has 2 aliphatic carbocycles. The standard InChI is InChI=1S/C20H21F2N3O4/c1-10(26)23-15-7-20(15)4-5-24(9-20)17-12(21)6-13-18(16(17)22)25(11-2-3-11)8-14(29-13)19(27)28/h6,8,11,15H,2-5,7,9H2,1H3,(H,23,26)(H,27,28). The van der Waals surface area contributed by atoms with Gasteiger partial charge in [0, 0.05) is 43.6 Å². The molecule has 1 aromatic carbocycles. The lowest BCUT2D eigenvalue weighted by Gasteiger charge is -2.31. The fraction of sp³-hybridized carbons (Fsp3) is 0.500. The monoisotopic (exact) mass is 405 g/mol. The van der Waals surface area contributed by atoms with Crippen LogP contribution in [0.2, 0.25) is 0 Å². The molecule has 7 nitrogen and oxygen atoms in total. The average molecular weight is 405 g/mol. The number of carbonyl (C=O) groups is 2. The van der Waals surface area contributed by atoms with Gasteiger partial charge in [0.1, 0.15) is 11.4 Å². The first-order valence-electron chi connectivity index (χ1n) is 9.74. The summed E-state index contributed by atoms with van der Waals surface area (Å²) in [5, 5.41) is 12.2. The van der Waals surface area contributed by atoms with E-state index in [9.17, 15) is 19.1 Å². The van der Waals surface area contributed by atoms with E-state index < -0.39 is 17.6 Å². The summed E-state index contributed by atoms with van der Waals surface area (Å²) in [6, 6.07) is 1.10. The van der Waals surface area contributed by atoms with E-state index in [4.69, 9.17) is 4.74 Å². The number of fused-ring (bicyclic) bond motifs is 1. The molecule has 4 aliphatic rings. The summed E-state index contributed by atoms with van der Waals surface area (Å²) in [5.74, 6) is -3.38. The van der Waals surface area contributed by atoms with Crippen LogP contribution >= 0.6 is 0 Å². The quantitative estimate of drug-likeness (QED) is 0.801. The Bertz CT molecular complexity index is 962. The molecule has 2 aliphatic heterocycles. The van der Waals surface area contributed by atoms with E-state index in [1.807, 2.05) is 0 Å². The molecule has 9 heteroatoms. The van der Waals surface area contributed by atoms with Gasteiger partial charge in [-0.05, 0) is 25.7 Å². The zero-order valence-corrected chi connectivity index (χ0v) is 15.9. The Balaban J connectivity index is 1.48. The van der Waals surface area contributed by atoms with Crippen LogP contribution in [0.15, 0.2) is 18.0 Å². The lowest BCUT2D eigenvalue weighted by molar-refractivity contribution is -0.135. The molecule has 29 heavy (non-hydrogen) atoms. The topological polar surface area (TPSA) is 82.1 Å². The number of anilines is 2. The molecular formula is C20H21F2N3O4. The molecule has 0 aromatic heterocycles. The minimum absolute atomic E-state index is 0.0164. The van der Waals surface area contributed by atoms with Crippen LogP contribution in [0.5, 0.6) is 5.75 Å². The third-order valence-electron chi connectivity index (χ3n) is 6.29. The molecule has 2 atom stereocenters. The maximum absolute atomic E-state index is 15.6. The number of aliphatic carboxylic acids is 1. The average Bonchev–Trinajstić information content (AvgIpc) is 3.54. The largest absolute Gasteiger partial charge is 0.475 e. The van der Waals surface area contributed by atoms with E-state index in [2.05, 4.69) is 5.32 Å². The molecule has 154 valence electrons. The van der Waals surface area contributed by atoms with Crippen LogP contribution < -0.4 is 19.9 Å². The van der Waals surface area contributed by atoms with Gasteiger partial charge in [0.2, 0.25) is 11.7 Å². The van der Waals surface area contributed by atoms with Crippen LogP contribution in [0.1, 0.15) is 32.6 Å².